The van der Waals surface area contributed by atoms with Crippen molar-refractivity contribution in [1.29, 1.82) is 0 Å². The number of methoxy groups -OCH3 is 1. The number of nitrogens with one attached hydrogen (secondary N) is 1. The highest BCUT2D eigenvalue weighted by Gasteiger charge is 2.32. The van der Waals surface area contributed by atoms with E-state index < -0.39 is 0 Å². The molecular formula is C18H30IN3O2. The molecule has 2 rings (SSSR count). The Bertz CT molecular complexity index is 531. The third-order valence-electron chi connectivity index (χ3n) is 4.65. The standard InChI is InChI=1S/C18H29N3O2.HI/c1-15-7-5-6-8-16(15)13-21(3)17(19-2)20-14-18(22-4)9-11-23-12-10-18;/h5-8H,9-14H2,1-4H3,(H,19,20);1H. The lowest BCUT2D eigenvalue weighted by atomic mass is 9.94. The van der Waals surface area contributed by atoms with Crippen molar-refractivity contribution >= 4 is 29.9 Å². The summed E-state index contributed by atoms with van der Waals surface area (Å²) in [6, 6.07) is 8.45. The fourth-order valence-electron chi connectivity index (χ4n) is 2.94. The highest BCUT2D eigenvalue weighted by Crippen LogP contribution is 2.23. The summed E-state index contributed by atoms with van der Waals surface area (Å²) in [5, 5.41) is 3.47. The van der Waals surface area contributed by atoms with Gasteiger partial charge in [0.2, 0.25) is 0 Å². The smallest absolute Gasteiger partial charge is 0.193 e. The third-order valence-corrected chi connectivity index (χ3v) is 4.65. The number of aliphatic imine (C=N–C) groups is 1. The van der Waals surface area contributed by atoms with Crippen molar-refractivity contribution in [2.75, 3.05) is 41.0 Å². The van der Waals surface area contributed by atoms with Gasteiger partial charge in [-0.05, 0) is 18.1 Å². The van der Waals surface area contributed by atoms with Crippen LogP contribution in [0, 0.1) is 6.92 Å². The maximum absolute atomic E-state index is 5.77. The molecule has 1 saturated heterocycles. The summed E-state index contributed by atoms with van der Waals surface area (Å²) in [4.78, 5) is 6.55. The van der Waals surface area contributed by atoms with Crippen LogP contribution < -0.4 is 5.32 Å². The molecule has 0 atom stereocenters. The summed E-state index contributed by atoms with van der Waals surface area (Å²) in [7, 11) is 5.66. The van der Waals surface area contributed by atoms with E-state index in [4.69, 9.17) is 9.47 Å². The third kappa shape index (κ3) is 5.60. The van der Waals surface area contributed by atoms with Crippen LogP contribution in [-0.2, 0) is 16.0 Å². The number of benzene rings is 1. The molecule has 5 nitrogen and oxygen atoms in total. The molecule has 1 aromatic carbocycles. The number of rotatable bonds is 5. The van der Waals surface area contributed by atoms with Crippen LogP contribution in [0.1, 0.15) is 24.0 Å². The first-order valence-corrected chi connectivity index (χ1v) is 8.19. The van der Waals surface area contributed by atoms with Gasteiger partial charge in [-0.2, -0.15) is 0 Å². The van der Waals surface area contributed by atoms with Crippen LogP contribution >= 0.6 is 24.0 Å². The lowest BCUT2D eigenvalue weighted by Crippen LogP contribution is -2.50. The normalized spacial score (nSPS) is 17.1. The van der Waals surface area contributed by atoms with Gasteiger partial charge in [0.05, 0.1) is 5.60 Å². The second-order valence-corrected chi connectivity index (χ2v) is 6.18. The predicted molar refractivity (Wildman–Crippen MR) is 109 cm³/mol. The van der Waals surface area contributed by atoms with Crippen LogP contribution in [-0.4, -0.2) is 57.4 Å². The Balaban J connectivity index is 0.00000288. The van der Waals surface area contributed by atoms with Crippen molar-refractivity contribution in [3.63, 3.8) is 0 Å². The lowest BCUT2D eigenvalue weighted by molar-refractivity contribution is -0.0857. The minimum atomic E-state index is -0.155. The molecule has 1 N–H and O–H groups in total. The van der Waals surface area contributed by atoms with Gasteiger partial charge >= 0.3 is 0 Å². The van der Waals surface area contributed by atoms with Gasteiger partial charge in [0, 0.05) is 60.4 Å². The Kier molecular flexibility index (Phi) is 9.01. The summed E-state index contributed by atoms with van der Waals surface area (Å²) in [6.45, 7) is 5.23. The van der Waals surface area contributed by atoms with Crippen LogP contribution in [0.4, 0.5) is 0 Å². The Morgan fingerprint density at radius 3 is 2.58 bits per heavy atom. The average Bonchev–Trinajstić information content (AvgIpc) is 2.58. The van der Waals surface area contributed by atoms with Crippen molar-refractivity contribution in [3.8, 4) is 0 Å². The second kappa shape index (κ2) is 10.2. The second-order valence-electron chi connectivity index (χ2n) is 6.18. The topological polar surface area (TPSA) is 46.1 Å². The molecule has 1 heterocycles. The van der Waals surface area contributed by atoms with Gasteiger partial charge in [-0.1, -0.05) is 24.3 Å². The zero-order chi connectivity index (χ0) is 16.7. The number of hydrogen-bond acceptors (Lipinski definition) is 3. The van der Waals surface area contributed by atoms with E-state index in [9.17, 15) is 0 Å². The SMILES string of the molecule is CN=C(NCC1(OC)CCOCC1)N(C)Cc1ccccc1C.I. The van der Waals surface area contributed by atoms with Crippen molar-refractivity contribution in [2.24, 2.45) is 4.99 Å². The number of ether oxygens (including phenoxy) is 2. The molecule has 0 spiro atoms. The first-order valence-electron chi connectivity index (χ1n) is 8.19. The van der Waals surface area contributed by atoms with E-state index in [1.807, 2.05) is 7.05 Å². The molecule has 24 heavy (non-hydrogen) atoms. The van der Waals surface area contributed by atoms with Gasteiger partial charge < -0.3 is 19.7 Å². The van der Waals surface area contributed by atoms with Crippen molar-refractivity contribution in [3.05, 3.63) is 35.4 Å². The molecule has 0 aliphatic carbocycles. The van der Waals surface area contributed by atoms with E-state index in [1.165, 1.54) is 11.1 Å². The largest absolute Gasteiger partial charge is 0.381 e. The number of hydrogen-bond donors (Lipinski definition) is 1. The van der Waals surface area contributed by atoms with Crippen LogP contribution in [0.15, 0.2) is 29.3 Å². The molecule has 1 aliphatic rings. The van der Waals surface area contributed by atoms with Crippen LogP contribution in [0.3, 0.4) is 0 Å². The molecule has 1 aromatic rings. The summed E-state index contributed by atoms with van der Waals surface area (Å²) in [6.07, 6.45) is 1.82. The van der Waals surface area contributed by atoms with Gasteiger partial charge in [0.25, 0.3) is 0 Å². The number of nitrogens with zero attached hydrogens (tertiary/aromatic N) is 2. The molecule has 136 valence electrons. The van der Waals surface area contributed by atoms with Crippen LogP contribution in [0.2, 0.25) is 0 Å². The highest BCUT2D eigenvalue weighted by molar-refractivity contribution is 14.0. The van der Waals surface area contributed by atoms with Gasteiger partial charge in [0.1, 0.15) is 0 Å². The molecule has 1 fully saturated rings. The first-order chi connectivity index (χ1) is 11.1. The maximum Gasteiger partial charge on any atom is 0.193 e. The quantitative estimate of drug-likeness (QED) is 0.429. The molecule has 6 heteroatoms. The van der Waals surface area contributed by atoms with E-state index in [-0.39, 0.29) is 29.6 Å². The maximum atomic E-state index is 5.77. The molecule has 0 bridgehead atoms. The molecule has 0 aromatic heterocycles. The number of halogens is 1. The van der Waals surface area contributed by atoms with Crippen LogP contribution in [0.25, 0.3) is 0 Å². The molecule has 0 radical (unpaired) electrons. The van der Waals surface area contributed by atoms with Gasteiger partial charge in [-0.15, -0.1) is 24.0 Å². The Labute approximate surface area is 162 Å². The Morgan fingerprint density at radius 1 is 1.33 bits per heavy atom. The van der Waals surface area contributed by atoms with Crippen molar-refractivity contribution in [2.45, 2.75) is 31.9 Å². The van der Waals surface area contributed by atoms with Gasteiger partial charge in [0.15, 0.2) is 5.96 Å². The molecular weight excluding hydrogens is 417 g/mol. The Hall–Kier alpha value is -0.860. The summed E-state index contributed by atoms with van der Waals surface area (Å²) in [5.41, 5.74) is 2.45. The molecule has 0 amide bonds. The van der Waals surface area contributed by atoms with Gasteiger partial charge in [-0.3, -0.25) is 4.99 Å². The van der Waals surface area contributed by atoms with E-state index in [2.05, 4.69) is 53.4 Å². The van der Waals surface area contributed by atoms with E-state index >= 15 is 0 Å². The average molecular weight is 447 g/mol. The minimum Gasteiger partial charge on any atom is -0.381 e. The van der Waals surface area contributed by atoms with Crippen LogP contribution in [0.5, 0.6) is 0 Å². The monoisotopic (exact) mass is 447 g/mol. The summed E-state index contributed by atoms with van der Waals surface area (Å²) >= 11 is 0. The van der Waals surface area contributed by atoms with Crippen molar-refractivity contribution < 1.29 is 9.47 Å². The van der Waals surface area contributed by atoms with E-state index in [0.717, 1.165) is 45.1 Å². The molecule has 0 unspecified atom stereocenters. The summed E-state index contributed by atoms with van der Waals surface area (Å²) < 4.78 is 11.2. The number of aryl methyl sites for hydroxylation is 1. The first kappa shape index (κ1) is 21.2. The van der Waals surface area contributed by atoms with Crippen molar-refractivity contribution in [1.82, 2.24) is 10.2 Å². The highest BCUT2D eigenvalue weighted by atomic mass is 127. The molecule has 1 aliphatic heterocycles. The minimum absolute atomic E-state index is 0. The molecule has 0 saturated carbocycles. The fraction of sp³-hybridized carbons (Fsp3) is 0.611. The summed E-state index contributed by atoms with van der Waals surface area (Å²) in [5.74, 6) is 0.885. The zero-order valence-electron chi connectivity index (χ0n) is 15.2. The predicted octanol–water partition coefficient (Wildman–Crippen LogP) is 2.82. The van der Waals surface area contributed by atoms with Gasteiger partial charge in [-0.25, -0.2) is 0 Å². The Morgan fingerprint density at radius 2 is 2.00 bits per heavy atom. The van der Waals surface area contributed by atoms with E-state index in [0.29, 0.717) is 0 Å². The van der Waals surface area contributed by atoms with E-state index in [1.54, 1.807) is 7.11 Å². The zero-order valence-corrected chi connectivity index (χ0v) is 17.5. The lowest BCUT2D eigenvalue weighted by Gasteiger charge is -2.37. The fourth-order valence-corrected chi connectivity index (χ4v) is 2.94. The number of guanidine groups is 1.